The van der Waals surface area contributed by atoms with Crippen LogP contribution in [0.25, 0.3) is 0 Å². The van der Waals surface area contributed by atoms with E-state index in [4.69, 9.17) is 37.0 Å². The van der Waals surface area contributed by atoms with E-state index in [0.29, 0.717) is 25.7 Å². The van der Waals surface area contributed by atoms with Gasteiger partial charge in [0, 0.05) is 25.7 Å². The van der Waals surface area contributed by atoms with Crippen LogP contribution < -0.4 is 0 Å². The number of aliphatic hydroxyl groups is 1. The van der Waals surface area contributed by atoms with Crippen molar-refractivity contribution in [3.05, 3.63) is 0 Å². The molecule has 0 aromatic carbocycles. The van der Waals surface area contributed by atoms with Gasteiger partial charge in [-0.05, 0) is 43.4 Å². The minimum atomic E-state index is -4.95. The molecule has 0 aromatic rings. The van der Waals surface area contributed by atoms with Crippen LogP contribution >= 0.6 is 15.6 Å². The second-order valence-corrected chi connectivity index (χ2v) is 30.0. The van der Waals surface area contributed by atoms with E-state index in [1.807, 2.05) is 0 Å². The first-order valence-corrected chi connectivity index (χ1v) is 39.8. The molecule has 0 amide bonds. The third-order valence-corrected chi connectivity index (χ3v) is 18.3. The van der Waals surface area contributed by atoms with Gasteiger partial charge in [-0.2, -0.15) is 0 Å². The number of unbranched alkanes of at least 4 members (excludes halogenated alkanes) is 37. The topological polar surface area (TPSA) is 237 Å². The number of rotatable bonds is 69. The minimum absolute atomic E-state index is 0.103. The fourth-order valence-corrected chi connectivity index (χ4v) is 12.3. The van der Waals surface area contributed by atoms with Crippen LogP contribution in [0.4, 0.5) is 0 Å². The quantitative estimate of drug-likeness (QED) is 0.0222. The van der Waals surface area contributed by atoms with Crippen molar-refractivity contribution in [1.82, 2.24) is 0 Å². The van der Waals surface area contributed by atoms with Crippen LogP contribution in [0.2, 0.25) is 0 Å². The van der Waals surface area contributed by atoms with E-state index in [2.05, 4.69) is 48.5 Å². The normalized spacial score (nSPS) is 14.2. The van der Waals surface area contributed by atoms with E-state index in [1.54, 1.807) is 0 Å². The molecular formula is C71H138O17P2. The SMILES string of the molecule is CCCCCCCC(=O)OC[C@H](COP(=O)(O)OC[C@H](O)COP(=O)(O)OC[C@@H](COC(=O)CCCCCCCCCCCCCCC(C)C)OC(=O)CCCCCCCCCCCCCCCCCCC(C)C)OC(=O)CCCCCCCCCCC(C)C. The summed E-state index contributed by atoms with van der Waals surface area (Å²) in [6.45, 7) is 11.8. The van der Waals surface area contributed by atoms with Crippen molar-refractivity contribution >= 4 is 39.5 Å². The summed E-state index contributed by atoms with van der Waals surface area (Å²) in [5, 5.41) is 10.6. The first-order valence-electron chi connectivity index (χ1n) is 36.8. The summed E-state index contributed by atoms with van der Waals surface area (Å²) in [5.41, 5.74) is 0. The summed E-state index contributed by atoms with van der Waals surface area (Å²) in [6.07, 6.45) is 46.3. The molecule has 90 heavy (non-hydrogen) atoms. The highest BCUT2D eigenvalue weighted by Crippen LogP contribution is 2.45. The maximum atomic E-state index is 13.0. The molecule has 0 aliphatic rings. The predicted octanol–water partition coefficient (Wildman–Crippen LogP) is 20.2. The zero-order valence-corrected chi connectivity index (χ0v) is 60.4. The van der Waals surface area contributed by atoms with Gasteiger partial charge in [-0.1, -0.05) is 305 Å². The lowest BCUT2D eigenvalue weighted by Gasteiger charge is -2.21. The van der Waals surface area contributed by atoms with Gasteiger partial charge in [0.15, 0.2) is 12.2 Å². The number of esters is 4. The molecule has 5 atom stereocenters. The van der Waals surface area contributed by atoms with Gasteiger partial charge in [0.05, 0.1) is 26.4 Å². The summed E-state index contributed by atoms with van der Waals surface area (Å²) >= 11 is 0. The number of carbonyl (C=O) groups is 4. The lowest BCUT2D eigenvalue weighted by Crippen LogP contribution is -2.30. The summed E-state index contributed by atoms with van der Waals surface area (Å²) < 4.78 is 68.1. The van der Waals surface area contributed by atoms with Gasteiger partial charge < -0.3 is 33.8 Å². The minimum Gasteiger partial charge on any atom is -0.462 e. The van der Waals surface area contributed by atoms with E-state index in [9.17, 15) is 43.2 Å². The Kier molecular flexibility index (Phi) is 60.6. The highest BCUT2D eigenvalue weighted by Gasteiger charge is 2.30. The Hall–Kier alpha value is -1.94. The number of ether oxygens (including phenoxy) is 4. The van der Waals surface area contributed by atoms with Crippen LogP contribution in [0.3, 0.4) is 0 Å². The molecule has 19 heteroatoms. The third kappa shape index (κ3) is 64.8. The largest absolute Gasteiger partial charge is 0.472 e. The summed E-state index contributed by atoms with van der Waals surface area (Å²) in [6, 6.07) is 0. The second-order valence-electron chi connectivity index (χ2n) is 27.1. The number of phosphoric ester groups is 2. The lowest BCUT2D eigenvalue weighted by molar-refractivity contribution is -0.161. The Morgan fingerprint density at radius 1 is 0.300 bits per heavy atom. The molecule has 0 aliphatic heterocycles. The molecular weight excluding hydrogens is 1190 g/mol. The van der Waals surface area contributed by atoms with Crippen LogP contribution in [-0.4, -0.2) is 96.7 Å². The average Bonchev–Trinajstić information content (AvgIpc) is 3.25. The van der Waals surface area contributed by atoms with Crippen molar-refractivity contribution in [1.29, 1.82) is 0 Å². The summed E-state index contributed by atoms with van der Waals surface area (Å²) in [4.78, 5) is 72.3. The first-order chi connectivity index (χ1) is 43.2. The zero-order valence-electron chi connectivity index (χ0n) is 58.6. The van der Waals surface area contributed by atoms with Crippen molar-refractivity contribution < 1.29 is 80.2 Å². The molecule has 0 rings (SSSR count). The number of carbonyl (C=O) groups excluding carboxylic acids is 4. The number of hydrogen-bond donors (Lipinski definition) is 3. The Morgan fingerprint density at radius 2 is 0.511 bits per heavy atom. The van der Waals surface area contributed by atoms with Crippen molar-refractivity contribution in [3.8, 4) is 0 Å². The standard InChI is InChI=1S/C71H138O17P2/c1-8-9-10-35-45-52-68(73)81-58-66(87-71(76)55-48-41-34-28-27-31-38-44-51-64(6)7)60-85-89(77,78)83-56-65(72)57-84-90(79,80)86-61-67(59-82-69(74)53-46-39-32-25-21-18-17-20-24-30-37-43-50-63(4)5)88-70(75)54-47-40-33-26-22-16-14-12-11-13-15-19-23-29-36-42-49-62(2)3/h62-67,72H,8-61H2,1-7H3,(H,77,78)(H,79,80)/t65-,66+,67+/m0/s1. The molecule has 0 heterocycles. The van der Waals surface area contributed by atoms with E-state index >= 15 is 0 Å². The molecule has 3 N–H and O–H groups in total. The fourth-order valence-electron chi connectivity index (χ4n) is 10.7. The molecule has 534 valence electrons. The highest BCUT2D eigenvalue weighted by atomic mass is 31.2. The molecule has 0 aliphatic carbocycles. The molecule has 0 fully saturated rings. The predicted molar refractivity (Wildman–Crippen MR) is 363 cm³/mol. The smallest absolute Gasteiger partial charge is 0.462 e. The Labute approximate surface area is 549 Å². The molecule has 17 nitrogen and oxygen atoms in total. The van der Waals surface area contributed by atoms with Gasteiger partial charge >= 0.3 is 39.5 Å². The maximum Gasteiger partial charge on any atom is 0.472 e. The Morgan fingerprint density at radius 3 is 0.756 bits per heavy atom. The maximum absolute atomic E-state index is 13.0. The first kappa shape index (κ1) is 88.1. The number of phosphoric acid groups is 2. The van der Waals surface area contributed by atoms with Gasteiger partial charge in [-0.25, -0.2) is 9.13 Å². The third-order valence-electron chi connectivity index (χ3n) is 16.4. The van der Waals surface area contributed by atoms with Crippen LogP contribution in [0.1, 0.15) is 357 Å². The van der Waals surface area contributed by atoms with Crippen molar-refractivity contribution in [2.24, 2.45) is 17.8 Å². The van der Waals surface area contributed by atoms with Crippen LogP contribution in [-0.2, 0) is 65.4 Å². The van der Waals surface area contributed by atoms with Crippen molar-refractivity contribution in [2.45, 2.75) is 375 Å². The summed E-state index contributed by atoms with van der Waals surface area (Å²) in [5.74, 6) is 0.172. The molecule has 0 bridgehead atoms. The van der Waals surface area contributed by atoms with Crippen molar-refractivity contribution in [3.63, 3.8) is 0 Å². The fraction of sp³-hybridized carbons (Fsp3) is 0.944. The van der Waals surface area contributed by atoms with Crippen LogP contribution in [0.15, 0.2) is 0 Å². The van der Waals surface area contributed by atoms with E-state index in [1.165, 1.54) is 161 Å². The second kappa shape index (κ2) is 61.9. The number of hydrogen-bond acceptors (Lipinski definition) is 15. The van der Waals surface area contributed by atoms with E-state index in [-0.39, 0.29) is 25.7 Å². The molecule has 0 spiro atoms. The van der Waals surface area contributed by atoms with Crippen LogP contribution in [0, 0.1) is 17.8 Å². The van der Waals surface area contributed by atoms with Crippen molar-refractivity contribution in [2.75, 3.05) is 39.6 Å². The van der Waals surface area contributed by atoms with E-state index in [0.717, 1.165) is 114 Å². The summed E-state index contributed by atoms with van der Waals surface area (Å²) in [7, 11) is -9.89. The molecule has 2 unspecified atom stereocenters. The van der Waals surface area contributed by atoms with Gasteiger partial charge in [-0.3, -0.25) is 37.3 Å². The molecule has 0 saturated heterocycles. The number of aliphatic hydroxyl groups excluding tert-OH is 1. The average molecular weight is 1330 g/mol. The highest BCUT2D eigenvalue weighted by molar-refractivity contribution is 7.47. The molecule has 0 radical (unpaired) electrons. The zero-order chi connectivity index (χ0) is 66.6. The Bertz CT molecular complexity index is 1770. The Balaban J connectivity index is 5.15. The van der Waals surface area contributed by atoms with Crippen LogP contribution in [0.5, 0.6) is 0 Å². The molecule has 0 aromatic heterocycles. The van der Waals surface area contributed by atoms with Gasteiger partial charge in [0.25, 0.3) is 0 Å². The van der Waals surface area contributed by atoms with E-state index < -0.39 is 97.5 Å². The monoisotopic (exact) mass is 1320 g/mol. The lowest BCUT2D eigenvalue weighted by atomic mass is 10.0. The molecule has 0 saturated carbocycles. The van der Waals surface area contributed by atoms with Gasteiger partial charge in [0.2, 0.25) is 0 Å². The van der Waals surface area contributed by atoms with Gasteiger partial charge in [0.1, 0.15) is 19.3 Å². The van der Waals surface area contributed by atoms with Gasteiger partial charge in [-0.15, -0.1) is 0 Å².